The van der Waals surface area contributed by atoms with Crippen molar-refractivity contribution in [3.8, 4) is 0 Å². The van der Waals surface area contributed by atoms with Crippen molar-refractivity contribution >= 4 is 15.9 Å². The molecule has 16 heavy (non-hydrogen) atoms. The number of carbonyl (C=O) groups excluding carboxylic acids is 1. The van der Waals surface area contributed by atoms with E-state index in [-0.39, 0.29) is 18.0 Å². The van der Waals surface area contributed by atoms with Gasteiger partial charge in [0.1, 0.15) is 10.5 Å². The van der Waals surface area contributed by atoms with E-state index in [1.54, 1.807) is 6.08 Å². The predicted octanol–water partition coefficient (Wildman–Crippen LogP) is 1.69. The van der Waals surface area contributed by atoms with E-state index in [0.29, 0.717) is 12.8 Å². The van der Waals surface area contributed by atoms with Gasteiger partial charge in [-0.05, 0) is 26.7 Å². The van der Waals surface area contributed by atoms with E-state index < -0.39 is 14.9 Å². The third-order valence-electron chi connectivity index (χ3n) is 3.03. The van der Waals surface area contributed by atoms with Gasteiger partial charge in [0.05, 0.1) is 0 Å². The molecule has 88 valence electrons. The average Bonchev–Trinajstić information content (AvgIpc) is 2.42. The van der Waals surface area contributed by atoms with Gasteiger partial charge in [0.15, 0.2) is 5.78 Å². The lowest BCUT2D eigenvalue weighted by atomic mass is 10.0. The first kappa shape index (κ1) is 11.4. The lowest BCUT2D eigenvalue weighted by Gasteiger charge is -2.23. The van der Waals surface area contributed by atoms with Crippen molar-refractivity contribution in [2.45, 2.75) is 37.9 Å². The quantitative estimate of drug-likeness (QED) is 0.479. The fourth-order valence-electron chi connectivity index (χ4n) is 2.28. The smallest absolute Gasteiger partial charge is 0.318 e. The van der Waals surface area contributed by atoms with E-state index in [2.05, 4.69) is 0 Å². The fourth-order valence-corrected chi connectivity index (χ4v) is 3.86. The van der Waals surface area contributed by atoms with E-state index in [1.165, 1.54) is 13.0 Å². The average molecular weight is 242 g/mol. The summed E-state index contributed by atoms with van der Waals surface area (Å²) in [7, 11) is -3.74. The first-order valence-electron chi connectivity index (χ1n) is 5.18. The highest BCUT2D eigenvalue weighted by molar-refractivity contribution is 7.88. The van der Waals surface area contributed by atoms with Crippen LogP contribution in [0.1, 0.15) is 33.1 Å². The molecule has 0 fully saturated rings. The van der Waals surface area contributed by atoms with Crippen LogP contribution in [-0.2, 0) is 19.1 Å². The monoisotopic (exact) mass is 242 g/mol. The Balaban J connectivity index is 2.51. The number of hydrogen-bond donors (Lipinski definition) is 0. The SMILES string of the molecule is CC1=CC2(CC1)CC(=O)C=C(C)OS2(=O)=O. The first-order valence-corrected chi connectivity index (χ1v) is 6.59. The normalized spacial score (nSPS) is 33.0. The van der Waals surface area contributed by atoms with Crippen molar-refractivity contribution in [3.05, 3.63) is 23.5 Å². The molecule has 0 radical (unpaired) electrons. The molecule has 1 aliphatic heterocycles. The second-order valence-electron chi connectivity index (χ2n) is 4.49. The van der Waals surface area contributed by atoms with E-state index in [1.807, 2.05) is 6.92 Å². The van der Waals surface area contributed by atoms with Gasteiger partial charge in [-0.15, -0.1) is 0 Å². The summed E-state index contributed by atoms with van der Waals surface area (Å²) in [5, 5.41) is 0. The van der Waals surface area contributed by atoms with E-state index in [4.69, 9.17) is 4.18 Å². The molecule has 1 unspecified atom stereocenters. The predicted molar refractivity (Wildman–Crippen MR) is 59.1 cm³/mol. The van der Waals surface area contributed by atoms with Gasteiger partial charge in [-0.25, -0.2) is 0 Å². The standard InChI is InChI=1S/C11H14O4S/c1-8-3-4-11(6-8)7-10(12)5-9(2)15-16(11,13)14/h5-6H,3-4,7H2,1-2H3. The molecule has 0 aromatic heterocycles. The van der Waals surface area contributed by atoms with E-state index >= 15 is 0 Å². The lowest BCUT2D eigenvalue weighted by Crippen LogP contribution is -2.36. The number of hydrogen-bond acceptors (Lipinski definition) is 4. The van der Waals surface area contributed by atoms with Gasteiger partial charge in [-0.2, -0.15) is 8.42 Å². The molecule has 1 spiro atoms. The Bertz CT molecular complexity index is 498. The molecular weight excluding hydrogens is 228 g/mol. The second-order valence-corrected chi connectivity index (χ2v) is 6.38. The maximum atomic E-state index is 12.1. The van der Waals surface area contributed by atoms with Crippen LogP contribution in [0.2, 0.25) is 0 Å². The van der Waals surface area contributed by atoms with Crippen molar-refractivity contribution in [1.29, 1.82) is 0 Å². The van der Waals surface area contributed by atoms with Crippen LogP contribution in [0.5, 0.6) is 0 Å². The van der Waals surface area contributed by atoms with Gasteiger partial charge in [0.25, 0.3) is 0 Å². The summed E-state index contributed by atoms with van der Waals surface area (Å²) < 4.78 is 27.9. The van der Waals surface area contributed by atoms with Crippen LogP contribution < -0.4 is 0 Å². The van der Waals surface area contributed by atoms with Gasteiger partial charge >= 0.3 is 10.1 Å². The highest BCUT2D eigenvalue weighted by Crippen LogP contribution is 2.41. The van der Waals surface area contributed by atoms with Crippen LogP contribution >= 0.6 is 0 Å². The number of carbonyl (C=O) groups is 1. The Morgan fingerprint density at radius 2 is 2.06 bits per heavy atom. The van der Waals surface area contributed by atoms with Gasteiger partial charge in [-0.1, -0.05) is 11.6 Å². The zero-order valence-electron chi connectivity index (χ0n) is 9.32. The molecule has 0 N–H and O–H groups in total. The summed E-state index contributed by atoms with van der Waals surface area (Å²) >= 11 is 0. The Kier molecular flexibility index (Phi) is 2.45. The lowest BCUT2D eigenvalue weighted by molar-refractivity contribution is -0.115. The highest BCUT2D eigenvalue weighted by Gasteiger charge is 2.48. The van der Waals surface area contributed by atoms with Crippen LogP contribution in [-0.4, -0.2) is 18.9 Å². The molecular formula is C11H14O4S. The van der Waals surface area contributed by atoms with Crippen molar-refractivity contribution in [2.75, 3.05) is 0 Å². The molecule has 2 aliphatic rings. The van der Waals surface area contributed by atoms with Crippen LogP contribution in [0.25, 0.3) is 0 Å². The molecule has 5 heteroatoms. The zero-order chi connectivity index (χ0) is 12.0. The highest BCUT2D eigenvalue weighted by atomic mass is 32.2. The minimum atomic E-state index is -3.74. The Morgan fingerprint density at radius 3 is 2.62 bits per heavy atom. The zero-order valence-corrected chi connectivity index (χ0v) is 10.1. The van der Waals surface area contributed by atoms with Crippen LogP contribution in [0.4, 0.5) is 0 Å². The molecule has 0 aromatic carbocycles. The van der Waals surface area contributed by atoms with Gasteiger partial charge in [0.2, 0.25) is 0 Å². The number of allylic oxidation sites excluding steroid dienone is 3. The molecule has 0 bridgehead atoms. The molecule has 1 atom stereocenters. The van der Waals surface area contributed by atoms with Crippen molar-refractivity contribution < 1.29 is 17.4 Å². The van der Waals surface area contributed by atoms with Crippen molar-refractivity contribution in [2.24, 2.45) is 0 Å². The maximum absolute atomic E-state index is 12.1. The topological polar surface area (TPSA) is 60.4 Å². The minimum absolute atomic E-state index is 0.00991. The van der Waals surface area contributed by atoms with Gasteiger partial charge < -0.3 is 4.18 Å². The van der Waals surface area contributed by atoms with Crippen molar-refractivity contribution in [1.82, 2.24) is 0 Å². The summed E-state index contributed by atoms with van der Waals surface area (Å²) in [5.74, 6) is -0.0376. The minimum Gasteiger partial charge on any atom is -0.387 e. The number of rotatable bonds is 0. The molecule has 1 heterocycles. The Labute approximate surface area is 95.1 Å². The van der Waals surface area contributed by atoms with Crippen LogP contribution in [0, 0.1) is 0 Å². The molecule has 2 rings (SSSR count). The van der Waals surface area contributed by atoms with Crippen LogP contribution in [0.3, 0.4) is 0 Å². The summed E-state index contributed by atoms with van der Waals surface area (Å²) in [6, 6.07) is 0. The second kappa shape index (κ2) is 3.45. The third kappa shape index (κ3) is 1.69. The van der Waals surface area contributed by atoms with Gasteiger partial charge in [-0.3, -0.25) is 4.79 Å². The first-order chi connectivity index (χ1) is 7.35. The Hall–Kier alpha value is -1.10. The molecule has 0 saturated carbocycles. The molecule has 0 saturated heterocycles. The summed E-state index contributed by atoms with van der Waals surface area (Å²) in [4.78, 5) is 11.6. The van der Waals surface area contributed by atoms with Crippen molar-refractivity contribution in [3.63, 3.8) is 0 Å². The third-order valence-corrected chi connectivity index (χ3v) is 4.97. The molecule has 0 amide bonds. The largest absolute Gasteiger partial charge is 0.387 e. The molecule has 1 aliphatic carbocycles. The van der Waals surface area contributed by atoms with E-state index in [9.17, 15) is 13.2 Å². The maximum Gasteiger partial charge on any atom is 0.318 e. The summed E-state index contributed by atoms with van der Waals surface area (Å²) in [5.41, 5.74) is 1.000. The summed E-state index contributed by atoms with van der Waals surface area (Å²) in [6.45, 7) is 3.36. The fraction of sp³-hybridized carbons (Fsp3) is 0.545. The Morgan fingerprint density at radius 1 is 1.38 bits per heavy atom. The van der Waals surface area contributed by atoms with Crippen LogP contribution in [0.15, 0.2) is 23.5 Å². The molecule has 0 aromatic rings. The van der Waals surface area contributed by atoms with Gasteiger partial charge in [0, 0.05) is 12.5 Å². The summed E-state index contributed by atoms with van der Waals surface area (Å²) in [6.07, 6.45) is 4.06. The molecule has 4 nitrogen and oxygen atoms in total. The number of ketones is 1. The van der Waals surface area contributed by atoms with E-state index in [0.717, 1.165) is 5.57 Å².